The first kappa shape index (κ1) is 15.1. The molecule has 0 aliphatic rings. The van der Waals surface area contributed by atoms with Crippen LogP contribution >= 0.6 is 0 Å². The largest absolute Gasteiger partial charge is 0.327 e. The molecule has 2 N–H and O–H groups in total. The van der Waals surface area contributed by atoms with Crippen LogP contribution in [0.25, 0.3) is 0 Å². The van der Waals surface area contributed by atoms with Crippen molar-refractivity contribution in [2.24, 2.45) is 11.7 Å². The van der Waals surface area contributed by atoms with Crippen molar-refractivity contribution in [3.8, 4) is 0 Å². The quantitative estimate of drug-likeness (QED) is 0.881. The molecule has 1 aromatic rings. The van der Waals surface area contributed by atoms with Gasteiger partial charge in [-0.05, 0) is 30.0 Å². The van der Waals surface area contributed by atoms with Crippen molar-refractivity contribution < 1.29 is 8.42 Å². The number of nitrogens with two attached hydrogens (primary N) is 1. The van der Waals surface area contributed by atoms with Crippen LogP contribution in [0.5, 0.6) is 0 Å². The van der Waals surface area contributed by atoms with E-state index in [2.05, 4.69) is 13.8 Å². The molecule has 0 aliphatic carbocycles. The van der Waals surface area contributed by atoms with E-state index < -0.39 is 10.0 Å². The molecule has 1 unspecified atom stereocenters. The molecule has 0 saturated carbocycles. The molecule has 0 radical (unpaired) electrons. The summed E-state index contributed by atoms with van der Waals surface area (Å²) < 4.78 is 25.0. The first-order chi connectivity index (χ1) is 8.25. The summed E-state index contributed by atoms with van der Waals surface area (Å²) >= 11 is 0. The first-order valence-corrected chi connectivity index (χ1v) is 7.46. The highest BCUT2D eigenvalue weighted by molar-refractivity contribution is 7.89. The van der Waals surface area contributed by atoms with Gasteiger partial charge in [-0.15, -0.1) is 0 Å². The zero-order chi connectivity index (χ0) is 13.9. The highest BCUT2D eigenvalue weighted by Crippen LogP contribution is 2.15. The van der Waals surface area contributed by atoms with E-state index in [-0.39, 0.29) is 6.04 Å². The predicted octanol–water partition coefficient (Wildman–Crippen LogP) is 1.46. The topological polar surface area (TPSA) is 63.4 Å². The Morgan fingerprint density at radius 2 is 1.67 bits per heavy atom. The van der Waals surface area contributed by atoms with Crippen molar-refractivity contribution in [2.45, 2.75) is 31.2 Å². The summed E-state index contributed by atoms with van der Waals surface area (Å²) in [4.78, 5) is 0.314. The predicted molar refractivity (Wildman–Crippen MR) is 73.8 cm³/mol. The van der Waals surface area contributed by atoms with Gasteiger partial charge in [-0.2, -0.15) is 0 Å². The Kier molecular flexibility index (Phi) is 4.90. The van der Waals surface area contributed by atoms with Crippen molar-refractivity contribution in [3.63, 3.8) is 0 Å². The SMILES string of the molecule is CC(C)C(N)Cc1ccc(S(=O)(=O)N(C)C)cc1. The van der Waals surface area contributed by atoms with Crippen molar-refractivity contribution in [1.29, 1.82) is 0 Å². The minimum atomic E-state index is -3.34. The van der Waals surface area contributed by atoms with Gasteiger partial charge in [-0.1, -0.05) is 26.0 Å². The van der Waals surface area contributed by atoms with Crippen molar-refractivity contribution in [1.82, 2.24) is 4.31 Å². The lowest BCUT2D eigenvalue weighted by Gasteiger charge is -2.16. The normalized spacial score (nSPS) is 14.2. The number of rotatable bonds is 5. The van der Waals surface area contributed by atoms with Gasteiger partial charge in [-0.25, -0.2) is 12.7 Å². The van der Waals surface area contributed by atoms with Crippen LogP contribution in [0.2, 0.25) is 0 Å². The fourth-order valence-corrected chi connectivity index (χ4v) is 2.42. The monoisotopic (exact) mass is 270 g/mol. The summed E-state index contributed by atoms with van der Waals surface area (Å²) in [6.07, 6.45) is 0.764. The summed E-state index contributed by atoms with van der Waals surface area (Å²) in [5.74, 6) is 0.412. The number of nitrogens with zero attached hydrogens (tertiary/aromatic N) is 1. The maximum atomic E-state index is 11.9. The third-order valence-corrected chi connectivity index (χ3v) is 4.86. The lowest BCUT2D eigenvalue weighted by atomic mass is 9.97. The van der Waals surface area contributed by atoms with Gasteiger partial charge < -0.3 is 5.73 Å². The van der Waals surface area contributed by atoms with Gasteiger partial charge >= 0.3 is 0 Å². The molecule has 0 spiro atoms. The minimum Gasteiger partial charge on any atom is -0.327 e. The van der Waals surface area contributed by atoms with Crippen LogP contribution < -0.4 is 5.73 Å². The Morgan fingerprint density at radius 3 is 2.06 bits per heavy atom. The second-order valence-electron chi connectivity index (χ2n) is 5.04. The molecule has 1 rings (SSSR count). The first-order valence-electron chi connectivity index (χ1n) is 6.02. The van der Waals surface area contributed by atoms with Gasteiger partial charge in [0.05, 0.1) is 4.90 Å². The second-order valence-corrected chi connectivity index (χ2v) is 7.20. The summed E-state index contributed by atoms with van der Waals surface area (Å²) in [5, 5.41) is 0. The molecule has 0 bridgehead atoms. The molecule has 5 heteroatoms. The van der Waals surface area contributed by atoms with Crippen molar-refractivity contribution >= 4 is 10.0 Å². The highest BCUT2D eigenvalue weighted by atomic mass is 32.2. The Hall–Kier alpha value is -0.910. The molecule has 0 amide bonds. The fraction of sp³-hybridized carbons (Fsp3) is 0.538. The third kappa shape index (κ3) is 3.54. The molecule has 0 heterocycles. The van der Waals surface area contributed by atoms with Crippen LogP contribution in [0.1, 0.15) is 19.4 Å². The average Bonchev–Trinajstić information content (AvgIpc) is 2.29. The summed E-state index contributed by atoms with van der Waals surface area (Å²) in [7, 11) is -0.285. The van der Waals surface area contributed by atoms with Crippen molar-refractivity contribution in [2.75, 3.05) is 14.1 Å². The van der Waals surface area contributed by atoms with Gasteiger partial charge in [0, 0.05) is 20.1 Å². The Labute approximate surface area is 110 Å². The molecule has 0 aromatic heterocycles. The Morgan fingerprint density at radius 1 is 1.17 bits per heavy atom. The van der Waals surface area contributed by atoms with Crippen LogP contribution in [-0.2, 0) is 16.4 Å². The van der Waals surface area contributed by atoms with Gasteiger partial charge in [-0.3, -0.25) is 0 Å². The number of sulfonamides is 1. The molecular weight excluding hydrogens is 248 g/mol. The molecule has 0 fully saturated rings. The lowest BCUT2D eigenvalue weighted by molar-refractivity contribution is 0.490. The Bertz CT molecular complexity index is 478. The molecule has 0 aliphatic heterocycles. The van der Waals surface area contributed by atoms with E-state index in [1.165, 1.54) is 18.4 Å². The molecule has 1 aromatic carbocycles. The van der Waals surface area contributed by atoms with E-state index in [9.17, 15) is 8.42 Å². The number of benzene rings is 1. The average molecular weight is 270 g/mol. The fourth-order valence-electron chi connectivity index (χ4n) is 1.52. The molecule has 18 heavy (non-hydrogen) atoms. The molecule has 4 nitrogen and oxygen atoms in total. The van der Waals surface area contributed by atoms with Gasteiger partial charge in [0.2, 0.25) is 10.0 Å². The van der Waals surface area contributed by atoms with E-state index in [1.54, 1.807) is 12.1 Å². The van der Waals surface area contributed by atoms with Crippen LogP contribution in [0.15, 0.2) is 29.2 Å². The zero-order valence-electron chi connectivity index (χ0n) is 11.4. The van der Waals surface area contributed by atoms with E-state index in [4.69, 9.17) is 5.73 Å². The van der Waals surface area contributed by atoms with Crippen LogP contribution in [-0.4, -0.2) is 32.9 Å². The van der Waals surface area contributed by atoms with Gasteiger partial charge in [0.15, 0.2) is 0 Å². The van der Waals surface area contributed by atoms with E-state index in [0.29, 0.717) is 10.8 Å². The van der Waals surface area contributed by atoms with E-state index in [1.807, 2.05) is 12.1 Å². The third-order valence-electron chi connectivity index (χ3n) is 3.03. The number of hydrogen-bond donors (Lipinski definition) is 1. The van der Waals surface area contributed by atoms with Gasteiger partial charge in [0.25, 0.3) is 0 Å². The maximum absolute atomic E-state index is 11.9. The van der Waals surface area contributed by atoms with Crippen LogP contribution in [0.4, 0.5) is 0 Å². The minimum absolute atomic E-state index is 0.0984. The molecule has 1 atom stereocenters. The van der Waals surface area contributed by atoms with Gasteiger partial charge in [0.1, 0.15) is 0 Å². The molecule has 0 saturated heterocycles. The maximum Gasteiger partial charge on any atom is 0.242 e. The summed E-state index contributed by atoms with van der Waals surface area (Å²) in [5.41, 5.74) is 7.06. The second kappa shape index (κ2) is 5.82. The Balaban J connectivity index is 2.88. The van der Waals surface area contributed by atoms with Crippen molar-refractivity contribution in [3.05, 3.63) is 29.8 Å². The standard InChI is InChI=1S/C13H22N2O2S/c1-10(2)13(14)9-11-5-7-12(8-6-11)18(16,17)15(3)4/h5-8,10,13H,9,14H2,1-4H3. The van der Waals surface area contributed by atoms with Crippen LogP contribution in [0, 0.1) is 5.92 Å². The summed E-state index contributed by atoms with van der Waals surface area (Å²) in [6.45, 7) is 4.16. The summed E-state index contributed by atoms with van der Waals surface area (Å²) in [6, 6.07) is 7.04. The van der Waals surface area contributed by atoms with Crippen LogP contribution in [0.3, 0.4) is 0 Å². The molecule has 102 valence electrons. The smallest absolute Gasteiger partial charge is 0.242 e. The number of hydrogen-bond acceptors (Lipinski definition) is 3. The highest BCUT2D eigenvalue weighted by Gasteiger charge is 2.17. The zero-order valence-corrected chi connectivity index (χ0v) is 12.2. The van der Waals surface area contributed by atoms with E-state index in [0.717, 1.165) is 12.0 Å². The lowest BCUT2D eigenvalue weighted by Crippen LogP contribution is -2.28. The van der Waals surface area contributed by atoms with E-state index >= 15 is 0 Å². The molecular formula is C13H22N2O2S.